The van der Waals surface area contributed by atoms with Gasteiger partial charge in [0.1, 0.15) is 4.83 Å². The molecule has 0 fully saturated rings. The van der Waals surface area contributed by atoms with Crippen LogP contribution < -0.4 is 11.2 Å². The Hall–Kier alpha value is -2.92. The maximum atomic E-state index is 12.7. The quantitative estimate of drug-likeness (QED) is 0.615. The lowest BCUT2D eigenvalue weighted by Crippen LogP contribution is -2.32. The lowest BCUT2D eigenvalue weighted by atomic mass is 10.2. The van der Waals surface area contributed by atoms with Gasteiger partial charge in [0.25, 0.3) is 5.56 Å². The predicted molar refractivity (Wildman–Crippen MR) is 93.5 cm³/mol. The van der Waals surface area contributed by atoms with Crippen LogP contribution in [0, 0.1) is 0 Å². The van der Waals surface area contributed by atoms with Crippen LogP contribution in [-0.4, -0.2) is 9.55 Å². The van der Waals surface area contributed by atoms with Gasteiger partial charge in [-0.05, 0) is 23.8 Å². The summed E-state index contributed by atoms with van der Waals surface area (Å²) in [6.07, 6.45) is 0. The summed E-state index contributed by atoms with van der Waals surface area (Å²) in [4.78, 5) is 29.4. The molecule has 0 aliphatic heterocycles. The van der Waals surface area contributed by atoms with Gasteiger partial charge in [-0.1, -0.05) is 48.5 Å². The third kappa shape index (κ3) is 2.31. The molecule has 2 aromatic heterocycles. The minimum absolute atomic E-state index is 0.298. The number of nitrogens with zero attached hydrogens (tertiary/aromatic N) is 1. The van der Waals surface area contributed by atoms with E-state index in [0.717, 1.165) is 10.4 Å². The van der Waals surface area contributed by atoms with E-state index in [1.165, 1.54) is 15.9 Å². The normalized spacial score (nSPS) is 11.0. The molecule has 1 N–H and O–H groups in total. The first-order chi connectivity index (χ1) is 11.2. The van der Waals surface area contributed by atoms with Gasteiger partial charge < -0.3 is 0 Å². The first kappa shape index (κ1) is 13.7. The lowest BCUT2D eigenvalue weighted by Gasteiger charge is -2.03. The Bertz CT molecular complexity index is 1090. The van der Waals surface area contributed by atoms with Crippen molar-refractivity contribution in [1.82, 2.24) is 9.55 Å². The Morgan fingerprint density at radius 3 is 2.22 bits per heavy atom. The molecule has 4 nitrogen and oxygen atoms in total. The maximum Gasteiger partial charge on any atom is 0.334 e. The summed E-state index contributed by atoms with van der Waals surface area (Å²) in [6.45, 7) is 0. The van der Waals surface area contributed by atoms with Crippen LogP contribution in [0.25, 0.3) is 26.3 Å². The molecule has 23 heavy (non-hydrogen) atoms. The number of hydrogen-bond acceptors (Lipinski definition) is 3. The summed E-state index contributed by atoms with van der Waals surface area (Å²) in [5, 5.41) is 0.525. The van der Waals surface area contributed by atoms with E-state index in [1.54, 1.807) is 24.3 Å². The Morgan fingerprint density at radius 1 is 0.870 bits per heavy atom. The predicted octanol–water partition coefficient (Wildman–Crippen LogP) is 3.41. The summed E-state index contributed by atoms with van der Waals surface area (Å²) in [5.74, 6) is 0. The zero-order chi connectivity index (χ0) is 15.8. The maximum absolute atomic E-state index is 12.7. The van der Waals surface area contributed by atoms with E-state index in [9.17, 15) is 9.59 Å². The Balaban J connectivity index is 1.99. The van der Waals surface area contributed by atoms with Gasteiger partial charge in [-0.25, -0.2) is 9.36 Å². The van der Waals surface area contributed by atoms with Crippen molar-refractivity contribution in [2.75, 3.05) is 0 Å². The molecule has 0 radical (unpaired) electrons. The molecule has 0 bridgehead atoms. The van der Waals surface area contributed by atoms with Crippen molar-refractivity contribution >= 4 is 21.6 Å². The topological polar surface area (TPSA) is 54.9 Å². The van der Waals surface area contributed by atoms with E-state index < -0.39 is 5.69 Å². The van der Waals surface area contributed by atoms with Crippen molar-refractivity contribution < 1.29 is 0 Å². The van der Waals surface area contributed by atoms with Crippen molar-refractivity contribution in [2.45, 2.75) is 0 Å². The zero-order valence-corrected chi connectivity index (χ0v) is 12.8. The number of H-pyrrole nitrogens is 1. The summed E-state index contributed by atoms with van der Waals surface area (Å²) < 4.78 is 1.17. The van der Waals surface area contributed by atoms with Crippen LogP contribution in [0.4, 0.5) is 0 Å². The molecule has 0 aliphatic rings. The van der Waals surface area contributed by atoms with Gasteiger partial charge in [0.05, 0.1) is 11.1 Å². The number of para-hydroxylation sites is 1. The number of nitrogens with one attached hydrogen (secondary N) is 1. The minimum atomic E-state index is -0.421. The highest BCUT2D eigenvalue weighted by Crippen LogP contribution is 2.30. The van der Waals surface area contributed by atoms with Crippen LogP contribution in [0.3, 0.4) is 0 Å². The standard InChI is InChI=1S/C18H12N2O2S/c21-17-14-11-15(12-7-3-1-4-8-12)23-16(14)19-18(22)20(17)13-9-5-2-6-10-13/h1-11H,(H,19,22). The van der Waals surface area contributed by atoms with E-state index in [1.807, 2.05) is 42.5 Å². The highest BCUT2D eigenvalue weighted by Gasteiger charge is 2.13. The number of fused-ring (bicyclic) bond motifs is 1. The highest BCUT2D eigenvalue weighted by molar-refractivity contribution is 7.21. The molecule has 0 atom stereocenters. The third-order valence-corrected chi connectivity index (χ3v) is 4.76. The van der Waals surface area contributed by atoms with Crippen LogP contribution >= 0.6 is 11.3 Å². The second-order valence-corrected chi connectivity index (χ2v) is 6.18. The van der Waals surface area contributed by atoms with Gasteiger partial charge in [0.15, 0.2) is 0 Å². The smallest absolute Gasteiger partial charge is 0.298 e. The Labute approximate surface area is 135 Å². The molecule has 0 spiro atoms. The molecular formula is C18H12N2O2S. The molecule has 2 heterocycles. The third-order valence-electron chi connectivity index (χ3n) is 3.66. The molecule has 5 heteroatoms. The van der Waals surface area contributed by atoms with Crippen molar-refractivity contribution in [3.63, 3.8) is 0 Å². The largest absolute Gasteiger partial charge is 0.334 e. The fourth-order valence-electron chi connectivity index (χ4n) is 2.56. The summed E-state index contributed by atoms with van der Waals surface area (Å²) in [5.41, 5.74) is 0.872. The SMILES string of the molecule is O=c1[nH]c2sc(-c3ccccc3)cc2c(=O)n1-c1ccccc1. The van der Waals surface area contributed by atoms with Crippen molar-refractivity contribution in [3.05, 3.63) is 87.6 Å². The second-order valence-electron chi connectivity index (χ2n) is 5.13. The molecule has 4 aromatic rings. The van der Waals surface area contributed by atoms with Crippen LogP contribution in [0.1, 0.15) is 0 Å². The molecule has 112 valence electrons. The molecule has 4 rings (SSSR count). The van der Waals surface area contributed by atoms with E-state index in [0.29, 0.717) is 15.9 Å². The summed E-state index contributed by atoms with van der Waals surface area (Å²) in [7, 11) is 0. The zero-order valence-electron chi connectivity index (χ0n) is 12.0. The molecule has 0 saturated heterocycles. The number of hydrogen-bond donors (Lipinski definition) is 1. The summed E-state index contributed by atoms with van der Waals surface area (Å²) >= 11 is 1.41. The molecule has 2 aromatic carbocycles. The van der Waals surface area contributed by atoms with Crippen LogP contribution in [0.5, 0.6) is 0 Å². The van der Waals surface area contributed by atoms with Crippen molar-refractivity contribution in [3.8, 4) is 16.1 Å². The molecule has 0 amide bonds. The fourth-order valence-corrected chi connectivity index (χ4v) is 3.61. The molecule has 0 unspecified atom stereocenters. The second kappa shape index (κ2) is 5.37. The average molecular weight is 320 g/mol. The van der Waals surface area contributed by atoms with Gasteiger partial charge >= 0.3 is 5.69 Å². The summed E-state index contributed by atoms with van der Waals surface area (Å²) in [6, 6.07) is 20.6. The van der Waals surface area contributed by atoms with Gasteiger partial charge in [0, 0.05) is 4.88 Å². The molecule has 0 aliphatic carbocycles. The van der Waals surface area contributed by atoms with Crippen LogP contribution in [-0.2, 0) is 0 Å². The number of benzene rings is 2. The van der Waals surface area contributed by atoms with Crippen LogP contribution in [0.15, 0.2) is 76.3 Å². The number of rotatable bonds is 2. The minimum Gasteiger partial charge on any atom is -0.298 e. The number of thiophene rings is 1. The van der Waals surface area contributed by atoms with E-state index >= 15 is 0 Å². The Kier molecular flexibility index (Phi) is 3.20. The van der Waals surface area contributed by atoms with Crippen molar-refractivity contribution in [1.29, 1.82) is 0 Å². The fraction of sp³-hybridized carbons (Fsp3) is 0. The van der Waals surface area contributed by atoms with Gasteiger partial charge in [-0.15, -0.1) is 11.3 Å². The highest BCUT2D eigenvalue weighted by atomic mass is 32.1. The number of aromatic nitrogens is 2. The molecular weight excluding hydrogens is 308 g/mol. The van der Waals surface area contributed by atoms with Gasteiger partial charge in [0.2, 0.25) is 0 Å². The van der Waals surface area contributed by atoms with Gasteiger partial charge in [-0.3, -0.25) is 9.78 Å². The first-order valence-corrected chi connectivity index (χ1v) is 7.95. The van der Waals surface area contributed by atoms with E-state index in [4.69, 9.17) is 0 Å². The van der Waals surface area contributed by atoms with E-state index in [2.05, 4.69) is 4.98 Å². The monoisotopic (exact) mass is 320 g/mol. The van der Waals surface area contributed by atoms with E-state index in [-0.39, 0.29) is 5.56 Å². The van der Waals surface area contributed by atoms with Gasteiger partial charge in [-0.2, -0.15) is 0 Å². The molecule has 0 saturated carbocycles. The first-order valence-electron chi connectivity index (χ1n) is 7.14. The number of aromatic amines is 1. The van der Waals surface area contributed by atoms with Crippen molar-refractivity contribution in [2.24, 2.45) is 0 Å². The lowest BCUT2D eigenvalue weighted by molar-refractivity contribution is 0.904. The van der Waals surface area contributed by atoms with Crippen LogP contribution in [0.2, 0.25) is 0 Å². The Morgan fingerprint density at radius 2 is 1.52 bits per heavy atom. The average Bonchev–Trinajstić information content (AvgIpc) is 3.01.